The molecule has 2 aromatic carbocycles. The molecule has 0 N–H and O–H groups in total. The van der Waals surface area contributed by atoms with Gasteiger partial charge in [-0.25, -0.2) is 4.79 Å². The van der Waals surface area contributed by atoms with Gasteiger partial charge in [0.1, 0.15) is 0 Å². The standard InChI is InChI=1S/C24H24N2O4S/c1-3-26(16-18-10-5-4-6-11-18)22(27)17-30-24(29)19-12-7-8-13-20(19)25(2)23(28)21-14-9-15-31-21/h4-15H,3,16-17H2,1-2H3. The summed E-state index contributed by atoms with van der Waals surface area (Å²) in [6, 6.07) is 19.9. The number of hydrogen-bond donors (Lipinski definition) is 0. The third-order valence-corrected chi connectivity index (χ3v) is 5.66. The Hall–Kier alpha value is -3.45. The molecule has 0 aliphatic rings. The summed E-state index contributed by atoms with van der Waals surface area (Å²) in [6.45, 7) is 2.46. The Bertz CT molecular complexity index is 1030. The van der Waals surface area contributed by atoms with Crippen molar-refractivity contribution in [1.29, 1.82) is 0 Å². The molecule has 0 aliphatic heterocycles. The van der Waals surface area contributed by atoms with Crippen LogP contribution in [0.3, 0.4) is 0 Å². The molecule has 0 saturated carbocycles. The molecule has 31 heavy (non-hydrogen) atoms. The summed E-state index contributed by atoms with van der Waals surface area (Å²) >= 11 is 1.33. The lowest BCUT2D eigenvalue weighted by Gasteiger charge is -2.22. The van der Waals surface area contributed by atoms with Crippen LogP contribution in [-0.4, -0.2) is 42.9 Å². The van der Waals surface area contributed by atoms with Crippen LogP contribution >= 0.6 is 11.3 Å². The van der Waals surface area contributed by atoms with Gasteiger partial charge in [0.05, 0.1) is 16.1 Å². The molecule has 3 rings (SSSR count). The van der Waals surface area contributed by atoms with Gasteiger partial charge in [-0.3, -0.25) is 9.59 Å². The fraction of sp³-hybridized carbons (Fsp3) is 0.208. The van der Waals surface area contributed by atoms with Crippen molar-refractivity contribution in [2.45, 2.75) is 13.5 Å². The molecule has 6 nitrogen and oxygen atoms in total. The van der Waals surface area contributed by atoms with Crippen LogP contribution in [0.15, 0.2) is 72.1 Å². The van der Waals surface area contributed by atoms with Crippen molar-refractivity contribution < 1.29 is 19.1 Å². The van der Waals surface area contributed by atoms with E-state index < -0.39 is 5.97 Å². The van der Waals surface area contributed by atoms with Gasteiger partial charge in [-0.05, 0) is 36.1 Å². The first-order valence-corrected chi connectivity index (χ1v) is 10.8. The maximum absolute atomic E-state index is 12.7. The highest BCUT2D eigenvalue weighted by Gasteiger charge is 2.22. The minimum absolute atomic E-state index is 0.216. The number of benzene rings is 2. The molecule has 0 unspecified atom stereocenters. The molecule has 1 aromatic heterocycles. The van der Waals surface area contributed by atoms with Crippen molar-refractivity contribution >= 4 is 34.8 Å². The number of likely N-dealkylation sites (N-methyl/N-ethyl adjacent to an activating group) is 1. The number of carbonyl (C=O) groups is 3. The third kappa shape index (κ3) is 5.58. The van der Waals surface area contributed by atoms with Crippen LogP contribution in [0, 0.1) is 0 Å². The second kappa shape index (κ2) is 10.5. The average Bonchev–Trinajstić information content (AvgIpc) is 3.35. The molecule has 160 valence electrons. The van der Waals surface area contributed by atoms with Crippen LogP contribution in [0.2, 0.25) is 0 Å². The van der Waals surface area contributed by atoms with Gasteiger partial charge >= 0.3 is 5.97 Å². The summed E-state index contributed by atoms with van der Waals surface area (Å²) in [5.74, 6) is -1.14. The van der Waals surface area contributed by atoms with Crippen LogP contribution in [0.4, 0.5) is 5.69 Å². The maximum atomic E-state index is 12.7. The molecular weight excluding hydrogens is 412 g/mol. The van der Waals surface area contributed by atoms with E-state index >= 15 is 0 Å². The highest BCUT2D eigenvalue weighted by molar-refractivity contribution is 7.12. The predicted molar refractivity (Wildman–Crippen MR) is 121 cm³/mol. The van der Waals surface area contributed by atoms with E-state index in [4.69, 9.17) is 4.74 Å². The second-order valence-corrected chi connectivity index (χ2v) is 7.78. The molecule has 1 heterocycles. The van der Waals surface area contributed by atoms with E-state index in [2.05, 4.69) is 0 Å². The van der Waals surface area contributed by atoms with Gasteiger partial charge in [0.2, 0.25) is 0 Å². The SMILES string of the molecule is CCN(Cc1ccccc1)C(=O)COC(=O)c1ccccc1N(C)C(=O)c1cccs1. The van der Waals surface area contributed by atoms with Crippen molar-refractivity contribution in [3.63, 3.8) is 0 Å². The summed E-state index contributed by atoms with van der Waals surface area (Å²) in [7, 11) is 1.61. The zero-order valence-electron chi connectivity index (χ0n) is 17.5. The molecule has 0 spiro atoms. The molecular formula is C24H24N2O4S. The molecule has 7 heteroatoms. The Morgan fingerprint density at radius 3 is 2.32 bits per heavy atom. The van der Waals surface area contributed by atoms with Gasteiger partial charge in [-0.2, -0.15) is 0 Å². The van der Waals surface area contributed by atoms with Crippen LogP contribution in [0.25, 0.3) is 0 Å². The summed E-state index contributed by atoms with van der Waals surface area (Å²) in [5.41, 5.74) is 1.66. The normalized spacial score (nSPS) is 10.4. The lowest BCUT2D eigenvalue weighted by atomic mass is 10.1. The molecule has 0 atom stereocenters. The fourth-order valence-corrected chi connectivity index (χ4v) is 3.79. The number of hydrogen-bond acceptors (Lipinski definition) is 5. The van der Waals surface area contributed by atoms with E-state index in [9.17, 15) is 14.4 Å². The number of thiophene rings is 1. The Morgan fingerprint density at radius 1 is 0.935 bits per heavy atom. The highest BCUT2D eigenvalue weighted by atomic mass is 32.1. The molecule has 2 amide bonds. The number of para-hydroxylation sites is 1. The first kappa shape index (κ1) is 22.2. The minimum atomic E-state index is -0.648. The van der Waals surface area contributed by atoms with Crippen molar-refractivity contribution in [1.82, 2.24) is 4.90 Å². The number of ether oxygens (including phenoxy) is 1. The second-order valence-electron chi connectivity index (χ2n) is 6.83. The van der Waals surface area contributed by atoms with Crippen molar-refractivity contribution in [2.75, 3.05) is 25.1 Å². The van der Waals surface area contributed by atoms with Gasteiger partial charge < -0.3 is 14.5 Å². The topological polar surface area (TPSA) is 66.9 Å². The number of carbonyl (C=O) groups excluding carboxylic acids is 3. The molecule has 0 bridgehead atoms. The summed E-state index contributed by atoms with van der Waals surface area (Å²) in [4.78, 5) is 41.6. The van der Waals surface area contributed by atoms with E-state index in [1.54, 1.807) is 48.3 Å². The third-order valence-electron chi connectivity index (χ3n) is 4.80. The van der Waals surface area contributed by atoms with E-state index in [1.807, 2.05) is 42.6 Å². The van der Waals surface area contributed by atoms with E-state index in [0.717, 1.165) is 5.56 Å². The molecule has 0 fully saturated rings. The lowest BCUT2D eigenvalue weighted by Crippen LogP contribution is -2.34. The molecule has 0 aliphatic carbocycles. The number of anilines is 1. The number of nitrogens with zero attached hydrogens (tertiary/aromatic N) is 2. The molecule has 3 aromatic rings. The Balaban J connectivity index is 1.66. The Kier molecular flexibility index (Phi) is 7.56. The van der Waals surface area contributed by atoms with Crippen LogP contribution in [0.1, 0.15) is 32.5 Å². The van der Waals surface area contributed by atoms with Crippen LogP contribution in [0.5, 0.6) is 0 Å². The summed E-state index contributed by atoms with van der Waals surface area (Å²) < 4.78 is 5.31. The number of amides is 2. The van der Waals surface area contributed by atoms with Gasteiger partial charge in [-0.15, -0.1) is 11.3 Å². The number of rotatable bonds is 8. The maximum Gasteiger partial charge on any atom is 0.340 e. The number of esters is 1. The molecule has 0 radical (unpaired) electrons. The average molecular weight is 437 g/mol. The van der Waals surface area contributed by atoms with Crippen LogP contribution < -0.4 is 4.90 Å². The van der Waals surface area contributed by atoms with E-state index in [-0.39, 0.29) is 24.0 Å². The minimum Gasteiger partial charge on any atom is -0.452 e. The van der Waals surface area contributed by atoms with E-state index in [1.165, 1.54) is 16.2 Å². The smallest absolute Gasteiger partial charge is 0.340 e. The predicted octanol–water partition coefficient (Wildman–Crippen LogP) is 4.23. The first-order valence-electron chi connectivity index (χ1n) is 9.90. The zero-order valence-corrected chi connectivity index (χ0v) is 18.3. The lowest BCUT2D eigenvalue weighted by molar-refractivity contribution is -0.134. The van der Waals surface area contributed by atoms with Gasteiger partial charge in [0.15, 0.2) is 6.61 Å². The van der Waals surface area contributed by atoms with Gasteiger partial charge in [0.25, 0.3) is 11.8 Å². The zero-order chi connectivity index (χ0) is 22.2. The van der Waals surface area contributed by atoms with Gasteiger partial charge in [-0.1, -0.05) is 48.5 Å². The Morgan fingerprint density at radius 2 is 1.65 bits per heavy atom. The monoisotopic (exact) mass is 436 g/mol. The molecule has 0 saturated heterocycles. The summed E-state index contributed by atoms with van der Waals surface area (Å²) in [5, 5.41) is 1.82. The Labute approximate surface area is 185 Å². The quantitative estimate of drug-likeness (QED) is 0.496. The summed E-state index contributed by atoms with van der Waals surface area (Å²) in [6.07, 6.45) is 0. The largest absolute Gasteiger partial charge is 0.452 e. The highest BCUT2D eigenvalue weighted by Crippen LogP contribution is 2.23. The van der Waals surface area contributed by atoms with Gasteiger partial charge in [0, 0.05) is 20.1 Å². The van der Waals surface area contributed by atoms with Crippen molar-refractivity contribution in [2.24, 2.45) is 0 Å². The van der Waals surface area contributed by atoms with E-state index in [0.29, 0.717) is 23.7 Å². The first-order chi connectivity index (χ1) is 15.0. The van der Waals surface area contributed by atoms with Crippen molar-refractivity contribution in [3.05, 3.63) is 88.1 Å². The fourth-order valence-electron chi connectivity index (χ4n) is 3.09. The van der Waals surface area contributed by atoms with Crippen LogP contribution in [-0.2, 0) is 16.1 Å². The van der Waals surface area contributed by atoms with Crippen molar-refractivity contribution in [3.8, 4) is 0 Å².